The number of nitrogens with one attached hydrogen (secondary N) is 1. The minimum absolute atomic E-state index is 0.211. The fourth-order valence-corrected chi connectivity index (χ4v) is 11.6. The summed E-state index contributed by atoms with van der Waals surface area (Å²) in [6, 6.07) is -0.837. The van der Waals surface area contributed by atoms with E-state index in [0.717, 1.165) is 83.5 Å². The van der Waals surface area contributed by atoms with E-state index in [1.807, 2.05) is 0 Å². The molecular weight excluding hydrogens is 1090 g/mol. The van der Waals surface area contributed by atoms with E-state index in [9.17, 15) is 45.6 Å². The molecule has 12 atom stereocenters. The van der Waals surface area contributed by atoms with E-state index in [0.29, 0.717) is 19.3 Å². The molecule has 12 unspecified atom stereocenters. The summed E-state index contributed by atoms with van der Waals surface area (Å²) < 4.78 is 22.9. The number of rotatable bonds is 58. The topological polar surface area (TPSA) is 228 Å². The van der Waals surface area contributed by atoms with Gasteiger partial charge in [0, 0.05) is 6.42 Å². The predicted octanol–water partition coefficient (Wildman–Crippen LogP) is 14.5. The van der Waals surface area contributed by atoms with Crippen molar-refractivity contribution in [3.63, 3.8) is 0 Å². The largest absolute Gasteiger partial charge is 0.394 e. The number of aliphatic hydroxyl groups excluding tert-OH is 8. The molecular formula is C72H131NO13. The first-order valence-corrected chi connectivity index (χ1v) is 35.5. The van der Waals surface area contributed by atoms with Crippen LogP contribution in [0, 0.1) is 0 Å². The number of aliphatic hydroxyl groups is 8. The van der Waals surface area contributed by atoms with Crippen LogP contribution >= 0.6 is 0 Å². The second-order valence-electron chi connectivity index (χ2n) is 25.0. The maximum absolute atomic E-state index is 13.4. The van der Waals surface area contributed by atoms with Crippen molar-refractivity contribution in [2.75, 3.05) is 19.8 Å². The van der Waals surface area contributed by atoms with Crippen molar-refractivity contribution in [2.45, 2.75) is 370 Å². The molecule has 0 saturated carbocycles. The summed E-state index contributed by atoms with van der Waals surface area (Å²) >= 11 is 0. The zero-order chi connectivity index (χ0) is 62.3. The van der Waals surface area contributed by atoms with E-state index in [2.05, 4.69) is 79.9 Å². The molecule has 502 valence electrons. The summed E-state index contributed by atoms with van der Waals surface area (Å²) in [5, 5.41) is 87.7. The average Bonchev–Trinajstić information content (AvgIpc) is 2.54. The van der Waals surface area contributed by atoms with Crippen molar-refractivity contribution in [3.8, 4) is 0 Å². The van der Waals surface area contributed by atoms with Crippen LogP contribution in [-0.4, -0.2) is 140 Å². The van der Waals surface area contributed by atoms with Crippen molar-refractivity contribution in [1.29, 1.82) is 0 Å². The third kappa shape index (κ3) is 40.4. The van der Waals surface area contributed by atoms with Crippen LogP contribution in [0.4, 0.5) is 0 Å². The molecule has 2 heterocycles. The predicted molar refractivity (Wildman–Crippen MR) is 350 cm³/mol. The third-order valence-electron chi connectivity index (χ3n) is 17.2. The number of carbonyl (C=O) groups is 1. The van der Waals surface area contributed by atoms with Gasteiger partial charge in [0.25, 0.3) is 0 Å². The first kappa shape index (κ1) is 79.8. The second-order valence-corrected chi connectivity index (χ2v) is 25.0. The van der Waals surface area contributed by atoms with Crippen LogP contribution in [0.3, 0.4) is 0 Å². The van der Waals surface area contributed by atoms with E-state index >= 15 is 0 Å². The van der Waals surface area contributed by atoms with Gasteiger partial charge >= 0.3 is 0 Å². The average molecular weight is 1220 g/mol. The number of carbonyl (C=O) groups excluding carboxylic acids is 1. The molecule has 86 heavy (non-hydrogen) atoms. The number of unbranched alkanes of at least 4 members (excludes halogenated alkanes) is 35. The highest BCUT2D eigenvalue weighted by Gasteiger charge is 2.51. The Balaban J connectivity index is 1.67. The summed E-state index contributed by atoms with van der Waals surface area (Å²) in [6.45, 7) is 2.78. The Morgan fingerprint density at radius 1 is 0.430 bits per heavy atom. The Morgan fingerprint density at radius 3 is 1.23 bits per heavy atom. The minimum Gasteiger partial charge on any atom is -0.394 e. The van der Waals surface area contributed by atoms with Gasteiger partial charge in [0.1, 0.15) is 48.8 Å². The van der Waals surface area contributed by atoms with Gasteiger partial charge < -0.3 is 65.1 Å². The Labute approximate surface area is 524 Å². The second kappa shape index (κ2) is 56.7. The van der Waals surface area contributed by atoms with E-state index in [-0.39, 0.29) is 12.5 Å². The number of ether oxygens (including phenoxy) is 4. The van der Waals surface area contributed by atoms with E-state index in [1.54, 1.807) is 0 Å². The SMILES string of the molecule is CC/C=C\C/C=C\C/C=C\C/C=C\C/C=C\CCCCCCCCCCCC(=O)NC(COC1OC(CO)C(OC2OC(CO)C(O)C(O)C2O)C(O)C1O)C(O)CCCCCCCCCCCCCCCCCCCCCCCCCCCCC. The molecule has 0 spiro atoms. The number of hydrogen-bond acceptors (Lipinski definition) is 13. The van der Waals surface area contributed by atoms with Crippen LogP contribution in [0.5, 0.6) is 0 Å². The van der Waals surface area contributed by atoms with Gasteiger partial charge in [-0.25, -0.2) is 0 Å². The first-order chi connectivity index (χ1) is 42.1. The van der Waals surface area contributed by atoms with Crippen LogP contribution in [0.1, 0.15) is 296 Å². The Bertz CT molecular complexity index is 1670. The number of allylic oxidation sites excluding steroid dienone is 10. The van der Waals surface area contributed by atoms with Gasteiger partial charge in [-0.1, -0.05) is 293 Å². The summed E-state index contributed by atoms with van der Waals surface area (Å²) in [4.78, 5) is 13.4. The van der Waals surface area contributed by atoms with Gasteiger partial charge in [-0.05, 0) is 57.8 Å². The summed E-state index contributed by atoms with van der Waals surface area (Å²) in [5.41, 5.74) is 0. The minimum atomic E-state index is -1.79. The van der Waals surface area contributed by atoms with Crippen LogP contribution < -0.4 is 5.32 Å². The maximum Gasteiger partial charge on any atom is 0.220 e. The zero-order valence-corrected chi connectivity index (χ0v) is 54.6. The molecule has 0 aromatic carbocycles. The lowest BCUT2D eigenvalue weighted by Crippen LogP contribution is -2.65. The lowest BCUT2D eigenvalue weighted by molar-refractivity contribution is -0.359. The summed E-state index contributed by atoms with van der Waals surface area (Å²) in [6.07, 6.45) is 58.0. The summed E-state index contributed by atoms with van der Waals surface area (Å²) in [5.74, 6) is -0.211. The van der Waals surface area contributed by atoms with E-state index in [1.165, 1.54) is 180 Å². The Kier molecular flexibility index (Phi) is 52.6. The normalized spacial score (nSPS) is 23.7. The van der Waals surface area contributed by atoms with Crippen molar-refractivity contribution in [3.05, 3.63) is 60.8 Å². The molecule has 2 aliphatic heterocycles. The maximum atomic E-state index is 13.4. The molecule has 14 nitrogen and oxygen atoms in total. The number of hydrogen-bond donors (Lipinski definition) is 9. The molecule has 14 heteroatoms. The fourth-order valence-electron chi connectivity index (χ4n) is 11.6. The van der Waals surface area contributed by atoms with Crippen LogP contribution in [0.2, 0.25) is 0 Å². The van der Waals surface area contributed by atoms with Gasteiger partial charge in [-0.3, -0.25) is 4.79 Å². The standard InChI is InChI=1S/C72H131NO13/c1-3-5-7-9-11-13-15-17-19-21-23-25-27-29-30-32-33-35-37-39-41-43-45-47-49-51-53-55-61(76)60(59-83-71-69(82)67(80)70(63(58-75)85-71)86-72-68(81)66(79)65(78)62(57-74)84-72)73-64(77)56-54-52-50-48-46-44-42-40-38-36-34-31-28-26-24-22-20-18-16-14-12-10-8-6-4-2/h6,8,12,14,18,20,24,26,31,34,60-63,65-72,74-76,78-82H,3-5,7,9-11,13,15-17,19,21-23,25,27-30,32-33,35-59H2,1-2H3,(H,73,77)/b8-6-,14-12-,20-18-,26-24-,34-31-. The third-order valence-corrected chi connectivity index (χ3v) is 17.2. The van der Waals surface area contributed by atoms with Crippen LogP contribution in [0.25, 0.3) is 0 Å². The lowest BCUT2D eigenvalue weighted by atomic mass is 9.97. The van der Waals surface area contributed by atoms with E-state index in [4.69, 9.17) is 18.9 Å². The fraction of sp³-hybridized carbons (Fsp3) is 0.847. The first-order valence-electron chi connectivity index (χ1n) is 35.5. The Morgan fingerprint density at radius 2 is 0.802 bits per heavy atom. The molecule has 9 N–H and O–H groups in total. The molecule has 2 saturated heterocycles. The van der Waals surface area contributed by atoms with Crippen molar-refractivity contribution in [2.24, 2.45) is 0 Å². The number of amides is 1. The van der Waals surface area contributed by atoms with Gasteiger partial charge in [0.15, 0.2) is 12.6 Å². The van der Waals surface area contributed by atoms with Gasteiger partial charge in [-0.15, -0.1) is 0 Å². The van der Waals surface area contributed by atoms with Gasteiger partial charge in [-0.2, -0.15) is 0 Å². The van der Waals surface area contributed by atoms with E-state index < -0.39 is 86.8 Å². The van der Waals surface area contributed by atoms with Crippen LogP contribution in [-0.2, 0) is 23.7 Å². The molecule has 0 aliphatic carbocycles. The molecule has 0 bridgehead atoms. The van der Waals surface area contributed by atoms with Gasteiger partial charge in [0.2, 0.25) is 5.91 Å². The molecule has 2 fully saturated rings. The van der Waals surface area contributed by atoms with Gasteiger partial charge in [0.05, 0.1) is 32.0 Å². The Hall–Kier alpha value is -2.31. The summed E-state index contributed by atoms with van der Waals surface area (Å²) in [7, 11) is 0. The molecule has 0 aromatic rings. The highest BCUT2D eigenvalue weighted by Crippen LogP contribution is 2.30. The zero-order valence-electron chi connectivity index (χ0n) is 54.6. The smallest absolute Gasteiger partial charge is 0.220 e. The van der Waals surface area contributed by atoms with Crippen molar-refractivity contribution >= 4 is 5.91 Å². The molecule has 0 radical (unpaired) electrons. The lowest BCUT2D eigenvalue weighted by Gasteiger charge is -2.46. The van der Waals surface area contributed by atoms with Crippen molar-refractivity contribution in [1.82, 2.24) is 5.32 Å². The highest BCUT2D eigenvalue weighted by atomic mass is 16.7. The van der Waals surface area contributed by atoms with Crippen LogP contribution in [0.15, 0.2) is 60.8 Å². The molecule has 2 rings (SSSR count). The highest BCUT2D eigenvalue weighted by molar-refractivity contribution is 5.76. The molecule has 1 amide bonds. The quantitative estimate of drug-likeness (QED) is 0.0204. The monoisotopic (exact) mass is 1220 g/mol. The van der Waals surface area contributed by atoms with Crippen molar-refractivity contribution < 1.29 is 64.6 Å². The molecule has 0 aromatic heterocycles. The molecule has 2 aliphatic rings.